The second-order valence-electron chi connectivity index (χ2n) is 6.52. The summed E-state index contributed by atoms with van der Waals surface area (Å²) in [6.07, 6.45) is 1.08. The Morgan fingerprint density at radius 3 is 2.79 bits per heavy atom. The molecule has 0 saturated carbocycles. The van der Waals surface area contributed by atoms with Crippen molar-refractivity contribution in [2.75, 3.05) is 6.54 Å². The highest BCUT2D eigenvalue weighted by Crippen LogP contribution is 2.38. The molecule has 1 aliphatic heterocycles. The molecule has 2 aromatic heterocycles. The molecule has 3 aromatic rings. The monoisotopic (exact) mass is 339 g/mol. The second kappa shape index (κ2) is 6.49. The third-order valence-corrected chi connectivity index (χ3v) is 5.49. The van der Waals surface area contributed by atoms with E-state index < -0.39 is 0 Å². The van der Waals surface area contributed by atoms with Crippen LogP contribution < -0.4 is 0 Å². The van der Waals surface area contributed by atoms with E-state index in [1.54, 1.807) is 0 Å². The van der Waals surface area contributed by atoms with Crippen molar-refractivity contribution in [3.8, 4) is 0 Å². The summed E-state index contributed by atoms with van der Waals surface area (Å²) in [5.41, 5.74) is 2.74. The Morgan fingerprint density at radius 1 is 1.21 bits per heavy atom. The largest absolute Gasteiger partial charge is 0.424 e. The van der Waals surface area contributed by atoms with Gasteiger partial charge in [-0.05, 0) is 29.0 Å². The number of thiophene rings is 1. The normalized spacial score (nSPS) is 18.0. The molecular weight excluding hydrogens is 318 g/mol. The van der Waals surface area contributed by atoms with Gasteiger partial charge in [-0.2, -0.15) is 0 Å². The third-order valence-electron chi connectivity index (χ3n) is 4.50. The van der Waals surface area contributed by atoms with E-state index >= 15 is 0 Å². The van der Waals surface area contributed by atoms with E-state index in [-0.39, 0.29) is 12.0 Å². The fourth-order valence-corrected chi connectivity index (χ4v) is 4.21. The fourth-order valence-electron chi connectivity index (χ4n) is 3.30. The van der Waals surface area contributed by atoms with Crippen LogP contribution in [0.25, 0.3) is 0 Å². The highest BCUT2D eigenvalue weighted by Gasteiger charge is 2.30. The first-order chi connectivity index (χ1) is 11.7. The molecule has 3 heterocycles. The predicted octanol–water partition coefficient (Wildman–Crippen LogP) is 4.40. The van der Waals surface area contributed by atoms with Crippen molar-refractivity contribution in [3.63, 3.8) is 0 Å². The molecule has 0 N–H and O–H groups in total. The Balaban J connectivity index is 1.66. The molecular formula is C19H21N3OS. The van der Waals surface area contributed by atoms with Crippen LogP contribution in [0.4, 0.5) is 0 Å². The minimum Gasteiger partial charge on any atom is -0.424 e. The van der Waals surface area contributed by atoms with Gasteiger partial charge < -0.3 is 4.42 Å². The summed E-state index contributed by atoms with van der Waals surface area (Å²) in [5, 5.41) is 10.6. The smallest absolute Gasteiger partial charge is 0.230 e. The Labute approximate surface area is 146 Å². The molecule has 4 rings (SSSR count). The number of aromatic nitrogens is 2. The minimum atomic E-state index is 0.260. The summed E-state index contributed by atoms with van der Waals surface area (Å²) in [4.78, 5) is 3.94. The van der Waals surface area contributed by atoms with Gasteiger partial charge in [-0.1, -0.05) is 44.2 Å². The molecule has 0 bridgehead atoms. The third kappa shape index (κ3) is 2.89. The van der Waals surface area contributed by atoms with Gasteiger partial charge in [-0.25, -0.2) is 0 Å². The quantitative estimate of drug-likeness (QED) is 0.706. The van der Waals surface area contributed by atoms with Crippen LogP contribution in [0.2, 0.25) is 0 Å². The molecule has 0 radical (unpaired) electrons. The van der Waals surface area contributed by atoms with E-state index in [0.717, 1.165) is 18.9 Å². The lowest BCUT2D eigenvalue weighted by Crippen LogP contribution is -2.35. The zero-order valence-electron chi connectivity index (χ0n) is 14.0. The van der Waals surface area contributed by atoms with Crippen molar-refractivity contribution in [1.82, 2.24) is 15.1 Å². The summed E-state index contributed by atoms with van der Waals surface area (Å²) in [7, 11) is 0. The highest BCUT2D eigenvalue weighted by atomic mass is 32.1. The van der Waals surface area contributed by atoms with Crippen molar-refractivity contribution in [2.24, 2.45) is 0 Å². The zero-order chi connectivity index (χ0) is 16.5. The molecule has 0 unspecified atom stereocenters. The molecule has 124 valence electrons. The standard InChI is InChI=1S/C19H21N3OS/c1-13(2)19-21-20-17(23-19)12-22-10-8-16-15(9-11-24-16)18(22)14-6-4-3-5-7-14/h3-7,9,11,13,18H,8,10,12H2,1-2H3/t18-/m1/s1. The molecule has 1 aliphatic rings. The van der Waals surface area contributed by atoms with E-state index in [9.17, 15) is 0 Å². The number of benzene rings is 1. The van der Waals surface area contributed by atoms with Gasteiger partial charge in [0.05, 0.1) is 12.6 Å². The maximum absolute atomic E-state index is 5.84. The molecule has 1 aromatic carbocycles. The molecule has 0 fully saturated rings. The maximum atomic E-state index is 5.84. The first-order valence-corrected chi connectivity index (χ1v) is 9.28. The van der Waals surface area contributed by atoms with Gasteiger partial charge in [-0.3, -0.25) is 4.90 Å². The highest BCUT2D eigenvalue weighted by molar-refractivity contribution is 7.10. The number of fused-ring (bicyclic) bond motifs is 1. The van der Waals surface area contributed by atoms with Crippen LogP contribution in [-0.2, 0) is 13.0 Å². The van der Waals surface area contributed by atoms with Crippen molar-refractivity contribution in [3.05, 3.63) is 69.6 Å². The summed E-state index contributed by atoms with van der Waals surface area (Å²) in [5.74, 6) is 1.69. The molecule has 5 heteroatoms. The van der Waals surface area contributed by atoms with E-state index in [2.05, 4.69) is 70.7 Å². The van der Waals surface area contributed by atoms with Crippen molar-refractivity contribution >= 4 is 11.3 Å². The van der Waals surface area contributed by atoms with Gasteiger partial charge in [0.25, 0.3) is 0 Å². The SMILES string of the molecule is CC(C)c1nnc(CN2CCc3sccc3[C@H]2c2ccccc2)o1. The van der Waals surface area contributed by atoms with E-state index in [1.807, 2.05) is 11.3 Å². The molecule has 0 aliphatic carbocycles. The lowest BCUT2D eigenvalue weighted by atomic mass is 9.93. The number of hydrogen-bond acceptors (Lipinski definition) is 5. The Kier molecular flexibility index (Phi) is 4.21. The Morgan fingerprint density at radius 2 is 2.04 bits per heavy atom. The maximum Gasteiger partial charge on any atom is 0.230 e. The summed E-state index contributed by atoms with van der Waals surface area (Å²) in [6, 6.07) is 13.2. The van der Waals surface area contributed by atoms with Crippen LogP contribution in [-0.4, -0.2) is 21.6 Å². The van der Waals surface area contributed by atoms with Crippen LogP contribution >= 0.6 is 11.3 Å². The Bertz CT molecular complexity index is 809. The van der Waals surface area contributed by atoms with E-state index in [4.69, 9.17) is 4.42 Å². The summed E-state index contributed by atoms with van der Waals surface area (Å²) in [6.45, 7) is 5.84. The van der Waals surface area contributed by atoms with Gasteiger partial charge in [0.2, 0.25) is 11.8 Å². The predicted molar refractivity (Wildman–Crippen MR) is 95.1 cm³/mol. The van der Waals surface area contributed by atoms with Crippen LogP contribution in [0.3, 0.4) is 0 Å². The van der Waals surface area contributed by atoms with Crippen LogP contribution in [0, 0.1) is 0 Å². The average molecular weight is 339 g/mol. The summed E-state index contributed by atoms with van der Waals surface area (Å²) >= 11 is 1.86. The van der Waals surface area contributed by atoms with Crippen molar-refractivity contribution in [2.45, 2.75) is 38.8 Å². The molecule has 4 nitrogen and oxygen atoms in total. The first-order valence-electron chi connectivity index (χ1n) is 8.40. The number of rotatable bonds is 4. The minimum absolute atomic E-state index is 0.260. The van der Waals surface area contributed by atoms with Crippen molar-refractivity contribution < 1.29 is 4.42 Å². The fraction of sp³-hybridized carbons (Fsp3) is 0.368. The van der Waals surface area contributed by atoms with Gasteiger partial charge in [0.1, 0.15) is 0 Å². The molecule has 0 saturated heterocycles. The van der Waals surface area contributed by atoms with Gasteiger partial charge in [0.15, 0.2) is 0 Å². The number of hydrogen-bond donors (Lipinski definition) is 0. The van der Waals surface area contributed by atoms with Crippen LogP contribution in [0.15, 0.2) is 46.2 Å². The van der Waals surface area contributed by atoms with Crippen molar-refractivity contribution in [1.29, 1.82) is 0 Å². The van der Waals surface area contributed by atoms with E-state index in [1.165, 1.54) is 16.0 Å². The lowest BCUT2D eigenvalue weighted by molar-refractivity contribution is 0.185. The molecule has 0 spiro atoms. The average Bonchev–Trinajstić information content (AvgIpc) is 3.24. The lowest BCUT2D eigenvalue weighted by Gasteiger charge is -2.35. The molecule has 0 amide bonds. The van der Waals surface area contributed by atoms with Crippen LogP contribution in [0.5, 0.6) is 0 Å². The molecule has 24 heavy (non-hydrogen) atoms. The van der Waals surface area contributed by atoms with Crippen LogP contribution in [0.1, 0.15) is 53.6 Å². The number of nitrogens with zero attached hydrogens (tertiary/aromatic N) is 3. The second-order valence-corrected chi connectivity index (χ2v) is 7.52. The topological polar surface area (TPSA) is 42.2 Å². The van der Waals surface area contributed by atoms with Gasteiger partial charge in [-0.15, -0.1) is 21.5 Å². The summed E-state index contributed by atoms with van der Waals surface area (Å²) < 4.78 is 5.84. The molecule has 1 atom stereocenters. The first kappa shape index (κ1) is 15.5. The zero-order valence-corrected chi connectivity index (χ0v) is 14.8. The van der Waals surface area contributed by atoms with Gasteiger partial charge in [0, 0.05) is 17.3 Å². The van der Waals surface area contributed by atoms with Gasteiger partial charge >= 0.3 is 0 Å². The Hall–Kier alpha value is -1.98. The van der Waals surface area contributed by atoms with E-state index in [0.29, 0.717) is 12.4 Å².